The maximum atomic E-state index is 11.9. The normalized spacial score (nSPS) is 15.4. The molecule has 7 nitrogen and oxygen atoms in total. The van der Waals surface area contributed by atoms with Crippen molar-refractivity contribution in [3.63, 3.8) is 0 Å². The van der Waals surface area contributed by atoms with Crippen LogP contribution in [-0.4, -0.2) is 93.1 Å². The number of ether oxygens (including phenoxy) is 1. The Morgan fingerprint density at radius 1 is 1.18 bits per heavy atom. The number of carbonyl (C=O) groups is 1. The van der Waals surface area contributed by atoms with E-state index in [1.165, 1.54) is 0 Å². The molecule has 28 heavy (non-hydrogen) atoms. The van der Waals surface area contributed by atoms with Gasteiger partial charge < -0.3 is 19.9 Å². The molecule has 7 heteroatoms. The molecular formula is C21H35N5O2. The van der Waals surface area contributed by atoms with Crippen molar-refractivity contribution >= 4 is 11.9 Å². The highest BCUT2D eigenvalue weighted by atomic mass is 16.5. The van der Waals surface area contributed by atoms with Gasteiger partial charge in [0.1, 0.15) is 18.9 Å². The lowest BCUT2D eigenvalue weighted by Crippen LogP contribution is -2.53. The van der Waals surface area contributed by atoms with E-state index in [9.17, 15) is 4.79 Å². The Hall–Kier alpha value is -2.28. The molecule has 1 aliphatic heterocycles. The van der Waals surface area contributed by atoms with E-state index in [1.54, 1.807) is 19.0 Å². The Morgan fingerprint density at radius 3 is 2.54 bits per heavy atom. The second kappa shape index (κ2) is 12.2. The molecule has 0 unspecified atom stereocenters. The highest BCUT2D eigenvalue weighted by molar-refractivity contribution is 5.84. The van der Waals surface area contributed by atoms with Crippen molar-refractivity contribution in [3.05, 3.63) is 30.3 Å². The van der Waals surface area contributed by atoms with E-state index < -0.39 is 0 Å². The summed E-state index contributed by atoms with van der Waals surface area (Å²) in [6.45, 7) is 8.59. The molecule has 0 atom stereocenters. The van der Waals surface area contributed by atoms with Crippen molar-refractivity contribution < 1.29 is 9.53 Å². The molecule has 0 aliphatic carbocycles. The minimum atomic E-state index is 0.0199. The third-order valence-corrected chi connectivity index (χ3v) is 4.77. The van der Waals surface area contributed by atoms with Crippen LogP contribution in [0.25, 0.3) is 0 Å². The van der Waals surface area contributed by atoms with Gasteiger partial charge in [-0.15, -0.1) is 0 Å². The number of hydrogen-bond acceptors (Lipinski definition) is 4. The van der Waals surface area contributed by atoms with Crippen LogP contribution in [0.15, 0.2) is 35.3 Å². The summed E-state index contributed by atoms with van der Waals surface area (Å²) < 4.78 is 5.80. The van der Waals surface area contributed by atoms with Crippen LogP contribution in [0.4, 0.5) is 0 Å². The number of unbranched alkanes of at least 4 members (excludes halogenated alkanes) is 1. The van der Waals surface area contributed by atoms with E-state index in [2.05, 4.69) is 27.0 Å². The number of aliphatic imine (C=N–C) groups is 1. The van der Waals surface area contributed by atoms with Gasteiger partial charge in [-0.3, -0.25) is 9.69 Å². The van der Waals surface area contributed by atoms with Crippen molar-refractivity contribution in [2.24, 2.45) is 4.99 Å². The summed E-state index contributed by atoms with van der Waals surface area (Å²) in [6, 6.07) is 9.93. The third-order valence-electron chi connectivity index (χ3n) is 4.77. The molecule has 0 aromatic heterocycles. The maximum absolute atomic E-state index is 11.9. The van der Waals surface area contributed by atoms with Crippen molar-refractivity contribution in [3.8, 4) is 5.75 Å². The number of benzene rings is 1. The lowest BCUT2D eigenvalue weighted by atomic mass is 10.3. The Morgan fingerprint density at radius 2 is 1.89 bits per heavy atom. The Balaban J connectivity index is 1.78. The van der Waals surface area contributed by atoms with Gasteiger partial charge in [0, 0.05) is 53.4 Å². The van der Waals surface area contributed by atoms with Crippen molar-refractivity contribution in [1.82, 2.24) is 20.0 Å². The van der Waals surface area contributed by atoms with Crippen LogP contribution >= 0.6 is 0 Å². The minimum absolute atomic E-state index is 0.0199. The Bertz CT molecular complexity index is 598. The van der Waals surface area contributed by atoms with E-state index in [1.807, 2.05) is 30.3 Å². The molecule has 1 N–H and O–H groups in total. The zero-order chi connectivity index (χ0) is 20.2. The summed E-state index contributed by atoms with van der Waals surface area (Å²) in [5.41, 5.74) is 0. The number of likely N-dealkylation sites (N-methyl/N-ethyl adjacent to an activating group) is 1. The minimum Gasteiger partial charge on any atom is -0.492 e. The van der Waals surface area contributed by atoms with Gasteiger partial charge in [-0.2, -0.15) is 0 Å². The predicted molar refractivity (Wildman–Crippen MR) is 114 cm³/mol. The first kappa shape index (κ1) is 22.0. The summed E-state index contributed by atoms with van der Waals surface area (Å²) in [5.74, 6) is 1.79. The molecule has 0 radical (unpaired) electrons. The van der Waals surface area contributed by atoms with Crippen LogP contribution in [-0.2, 0) is 4.79 Å². The molecule has 1 aliphatic rings. The number of guanidine groups is 1. The largest absolute Gasteiger partial charge is 0.492 e. The number of nitrogens with zero attached hydrogens (tertiary/aromatic N) is 4. The number of hydrogen-bond donors (Lipinski definition) is 1. The van der Waals surface area contributed by atoms with Crippen LogP contribution < -0.4 is 10.1 Å². The van der Waals surface area contributed by atoms with Gasteiger partial charge >= 0.3 is 0 Å². The smallest absolute Gasteiger partial charge is 0.243 e. The van der Waals surface area contributed by atoms with Crippen LogP contribution in [0.5, 0.6) is 5.75 Å². The molecule has 1 aromatic carbocycles. The van der Waals surface area contributed by atoms with Crippen LogP contribution in [0, 0.1) is 0 Å². The summed E-state index contributed by atoms with van der Waals surface area (Å²) in [7, 11) is 3.52. The van der Waals surface area contributed by atoms with E-state index in [0.717, 1.165) is 63.8 Å². The highest BCUT2D eigenvalue weighted by Gasteiger charge is 2.20. The fraction of sp³-hybridized carbons (Fsp3) is 0.619. The topological polar surface area (TPSA) is 60.4 Å². The van der Waals surface area contributed by atoms with Gasteiger partial charge in [0.15, 0.2) is 5.96 Å². The Kier molecular flexibility index (Phi) is 9.62. The molecule has 1 aromatic rings. The molecule has 156 valence electrons. The standard InChI is InChI=1S/C21H35N5O2/c1-4-5-11-22-21(23-18-20(27)24(2)3)26-14-12-25(13-15-26)16-17-28-19-9-7-6-8-10-19/h6-10H,4-5,11-18H2,1-3H3,(H,22,23). The lowest BCUT2D eigenvalue weighted by molar-refractivity contribution is -0.127. The number of para-hydroxylation sites is 1. The van der Waals surface area contributed by atoms with Gasteiger partial charge in [0.25, 0.3) is 0 Å². The second-order valence-corrected chi connectivity index (χ2v) is 7.20. The number of rotatable bonds is 9. The molecule has 1 amide bonds. The molecule has 0 spiro atoms. The summed E-state index contributed by atoms with van der Waals surface area (Å²) in [6.07, 6.45) is 2.23. The van der Waals surface area contributed by atoms with Crippen molar-refractivity contribution in [2.45, 2.75) is 19.8 Å². The average molecular weight is 390 g/mol. The maximum Gasteiger partial charge on any atom is 0.243 e. The van der Waals surface area contributed by atoms with E-state index >= 15 is 0 Å². The van der Waals surface area contributed by atoms with Crippen molar-refractivity contribution in [2.75, 3.05) is 66.5 Å². The molecule has 0 bridgehead atoms. The molecular weight excluding hydrogens is 354 g/mol. The molecule has 1 heterocycles. The van der Waals surface area contributed by atoms with Gasteiger partial charge in [-0.1, -0.05) is 31.5 Å². The molecule has 0 saturated carbocycles. The van der Waals surface area contributed by atoms with Crippen molar-refractivity contribution in [1.29, 1.82) is 0 Å². The van der Waals surface area contributed by atoms with Gasteiger partial charge in [0.2, 0.25) is 5.91 Å². The first-order valence-corrected chi connectivity index (χ1v) is 10.2. The number of nitrogens with one attached hydrogen (secondary N) is 1. The number of piperazine rings is 1. The van der Waals surface area contributed by atoms with Gasteiger partial charge in [-0.05, 0) is 18.6 Å². The lowest BCUT2D eigenvalue weighted by Gasteiger charge is -2.36. The first-order chi connectivity index (χ1) is 13.6. The zero-order valence-electron chi connectivity index (χ0n) is 17.6. The Labute approximate surface area is 169 Å². The van der Waals surface area contributed by atoms with E-state index in [0.29, 0.717) is 6.61 Å². The fourth-order valence-corrected chi connectivity index (χ4v) is 2.92. The van der Waals surface area contributed by atoms with Crippen LogP contribution in [0.3, 0.4) is 0 Å². The molecule has 1 saturated heterocycles. The SMILES string of the molecule is CCCCNC(=NCC(=O)N(C)C)N1CCN(CCOc2ccccc2)CC1. The second-order valence-electron chi connectivity index (χ2n) is 7.20. The first-order valence-electron chi connectivity index (χ1n) is 10.2. The highest BCUT2D eigenvalue weighted by Crippen LogP contribution is 2.09. The zero-order valence-corrected chi connectivity index (χ0v) is 17.6. The number of amides is 1. The average Bonchev–Trinajstić information content (AvgIpc) is 2.71. The van der Waals surface area contributed by atoms with Crippen LogP contribution in [0.2, 0.25) is 0 Å². The summed E-state index contributed by atoms with van der Waals surface area (Å²) in [5, 5.41) is 3.43. The fourth-order valence-electron chi connectivity index (χ4n) is 2.92. The van der Waals surface area contributed by atoms with Crippen LogP contribution in [0.1, 0.15) is 19.8 Å². The van der Waals surface area contributed by atoms with E-state index in [4.69, 9.17) is 4.74 Å². The van der Waals surface area contributed by atoms with Gasteiger partial charge in [-0.25, -0.2) is 4.99 Å². The monoisotopic (exact) mass is 389 g/mol. The molecule has 2 rings (SSSR count). The third kappa shape index (κ3) is 7.76. The summed E-state index contributed by atoms with van der Waals surface area (Å²) >= 11 is 0. The molecule has 1 fully saturated rings. The predicted octanol–water partition coefficient (Wildman–Crippen LogP) is 1.52. The summed E-state index contributed by atoms with van der Waals surface area (Å²) in [4.78, 5) is 22.7. The van der Waals surface area contributed by atoms with E-state index in [-0.39, 0.29) is 12.5 Å². The quantitative estimate of drug-likeness (QED) is 0.394. The van der Waals surface area contributed by atoms with Gasteiger partial charge in [0.05, 0.1) is 0 Å². The number of carbonyl (C=O) groups excluding carboxylic acids is 1.